The molecule has 142 valence electrons. The third kappa shape index (κ3) is 4.11. The quantitative estimate of drug-likeness (QED) is 0.258. The van der Waals surface area contributed by atoms with Gasteiger partial charge in [-0.3, -0.25) is 14.9 Å². The normalized spacial score (nSPS) is 12.0. The maximum absolute atomic E-state index is 12.3. The zero-order chi connectivity index (χ0) is 20.3. The van der Waals surface area contributed by atoms with Crippen molar-refractivity contribution in [2.45, 2.75) is 13.5 Å². The van der Waals surface area contributed by atoms with E-state index in [4.69, 9.17) is 11.6 Å². The number of carbonyl (C=O) groups is 1. The molecule has 0 aliphatic rings. The number of carbonyl (C=O) groups excluding carboxylic acids is 1. The van der Waals surface area contributed by atoms with E-state index < -0.39 is 10.8 Å². The molecule has 0 saturated carbocycles. The number of nitro benzene ring substituents is 1. The van der Waals surface area contributed by atoms with Gasteiger partial charge in [-0.1, -0.05) is 29.0 Å². The number of amides is 1. The van der Waals surface area contributed by atoms with Gasteiger partial charge in [0.05, 0.1) is 15.1 Å². The number of allylic oxidation sites excluding steroid dienone is 1. The van der Waals surface area contributed by atoms with Crippen molar-refractivity contribution < 1.29 is 9.72 Å². The van der Waals surface area contributed by atoms with Crippen LogP contribution in [0, 0.1) is 17.0 Å². The smallest absolute Gasteiger partial charge is 0.272 e. The Bertz CT molecular complexity index is 1170. The third-order valence-corrected chi connectivity index (χ3v) is 5.52. The van der Waals surface area contributed by atoms with E-state index in [2.05, 4.69) is 11.6 Å². The summed E-state index contributed by atoms with van der Waals surface area (Å²) in [5.41, 5.74) is 2.53. The van der Waals surface area contributed by atoms with Crippen LogP contribution in [-0.2, 0) is 11.3 Å². The van der Waals surface area contributed by atoms with Gasteiger partial charge in [-0.25, -0.2) is 0 Å². The van der Waals surface area contributed by atoms with Crippen molar-refractivity contribution in [2.24, 2.45) is 4.99 Å². The maximum atomic E-state index is 12.3. The Labute approximate surface area is 169 Å². The zero-order valence-corrected chi connectivity index (χ0v) is 16.5. The van der Waals surface area contributed by atoms with E-state index in [-0.39, 0.29) is 5.69 Å². The standard InChI is InChI=1S/C20H16ClN3O3S/c1-3-12-23-19-13(2)16(21)9-10-17(19)28-20(23)22-18(25)11-6-14-4-7-15(8-5-14)24(26)27/h3-11H,1,12H2,2H3/b11-6-,22-20?. The van der Waals surface area contributed by atoms with Crippen LogP contribution in [0.2, 0.25) is 5.02 Å². The van der Waals surface area contributed by atoms with Crippen molar-refractivity contribution in [2.75, 3.05) is 0 Å². The highest BCUT2D eigenvalue weighted by atomic mass is 35.5. The summed E-state index contributed by atoms with van der Waals surface area (Å²) in [5, 5.41) is 11.3. The first-order valence-electron chi connectivity index (χ1n) is 8.31. The number of nitrogens with zero attached hydrogens (tertiary/aromatic N) is 3. The minimum absolute atomic E-state index is 0.00191. The number of benzene rings is 2. The molecule has 0 radical (unpaired) electrons. The lowest BCUT2D eigenvalue weighted by molar-refractivity contribution is -0.384. The minimum Gasteiger partial charge on any atom is -0.312 e. The van der Waals surface area contributed by atoms with E-state index in [1.54, 1.807) is 24.3 Å². The molecule has 28 heavy (non-hydrogen) atoms. The molecule has 0 aliphatic heterocycles. The molecule has 0 bridgehead atoms. The summed E-state index contributed by atoms with van der Waals surface area (Å²) in [4.78, 5) is 27.3. The van der Waals surface area contributed by atoms with Crippen LogP contribution >= 0.6 is 22.9 Å². The lowest BCUT2D eigenvalue weighted by Gasteiger charge is -2.05. The van der Waals surface area contributed by atoms with Gasteiger partial charge in [0.1, 0.15) is 0 Å². The Balaban J connectivity index is 1.96. The molecule has 6 nitrogen and oxygen atoms in total. The third-order valence-electron chi connectivity index (χ3n) is 4.07. The van der Waals surface area contributed by atoms with Gasteiger partial charge in [0.2, 0.25) is 0 Å². The van der Waals surface area contributed by atoms with Crippen molar-refractivity contribution in [1.82, 2.24) is 4.57 Å². The highest BCUT2D eigenvalue weighted by molar-refractivity contribution is 7.16. The number of aryl methyl sites for hydroxylation is 1. The molecule has 1 heterocycles. The lowest BCUT2D eigenvalue weighted by atomic mass is 10.2. The molecule has 0 spiro atoms. The van der Waals surface area contributed by atoms with Crippen LogP contribution in [-0.4, -0.2) is 15.4 Å². The monoisotopic (exact) mass is 413 g/mol. The number of fused-ring (bicyclic) bond motifs is 1. The van der Waals surface area contributed by atoms with Crippen LogP contribution in [0.4, 0.5) is 5.69 Å². The molecule has 3 rings (SSSR count). The highest BCUT2D eigenvalue weighted by Gasteiger charge is 2.11. The number of non-ortho nitro benzene ring substituents is 1. The van der Waals surface area contributed by atoms with Crippen molar-refractivity contribution in [3.63, 3.8) is 0 Å². The zero-order valence-electron chi connectivity index (χ0n) is 15.0. The van der Waals surface area contributed by atoms with Gasteiger partial charge < -0.3 is 4.57 Å². The van der Waals surface area contributed by atoms with E-state index in [0.717, 1.165) is 15.8 Å². The second-order valence-corrected chi connectivity index (χ2v) is 7.35. The molecule has 8 heteroatoms. The first-order valence-corrected chi connectivity index (χ1v) is 9.50. The largest absolute Gasteiger partial charge is 0.312 e. The van der Waals surface area contributed by atoms with Crippen molar-refractivity contribution in [3.8, 4) is 0 Å². The van der Waals surface area contributed by atoms with Gasteiger partial charge in [0, 0.05) is 29.8 Å². The molecular formula is C20H16ClN3O3S. The first-order chi connectivity index (χ1) is 13.4. The van der Waals surface area contributed by atoms with Crippen LogP contribution in [0.25, 0.3) is 16.3 Å². The molecule has 0 unspecified atom stereocenters. The Kier molecular flexibility index (Phi) is 5.87. The lowest BCUT2D eigenvalue weighted by Crippen LogP contribution is -2.16. The number of aromatic nitrogens is 1. The molecular weight excluding hydrogens is 398 g/mol. The number of halogens is 1. The van der Waals surface area contributed by atoms with E-state index in [1.165, 1.54) is 29.5 Å². The fourth-order valence-corrected chi connectivity index (χ4v) is 3.96. The van der Waals surface area contributed by atoms with Crippen LogP contribution in [0.1, 0.15) is 11.1 Å². The maximum Gasteiger partial charge on any atom is 0.272 e. The van der Waals surface area contributed by atoms with Crippen LogP contribution in [0.5, 0.6) is 0 Å². The highest BCUT2D eigenvalue weighted by Crippen LogP contribution is 2.27. The molecule has 0 fully saturated rings. The number of nitro groups is 1. The predicted octanol–water partition coefficient (Wildman–Crippen LogP) is 4.90. The summed E-state index contributed by atoms with van der Waals surface area (Å²) < 4.78 is 2.89. The Morgan fingerprint density at radius 1 is 1.32 bits per heavy atom. The van der Waals surface area contributed by atoms with Gasteiger partial charge in [-0.05, 0) is 48.4 Å². The van der Waals surface area contributed by atoms with Gasteiger partial charge >= 0.3 is 0 Å². The van der Waals surface area contributed by atoms with E-state index in [1.807, 2.05) is 23.6 Å². The van der Waals surface area contributed by atoms with Gasteiger partial charge in [-0.15, -0.1) is 6.58 Å². The SMILES string of the molecule is C=CCn1c(=NC(=O)/C=C\c2ccc([N+](=O)[O-])cc2)sc2ccc(Cl)c(C)c21. The van der Waals surface area contributed by atoms with E-state index >= 15 is 0 Å². The van der Waals surface area contributed by atoms with Crippen LogP contribution in [0.3, 0.4) is 0 Å². The summed E-state index contributed by atoms with van der Waals surface area (Å²) in [6.07, 6.45) is 4.65. The molecule has 2 aromatic carbocycles. The molecule has 3 aromatic rings. The average molecular weight is 414 g/mol. The first kappa shape index (κ1) is 19.7. The van der Waals surface area contributed by atoms with Crippen molar-refractivity contribution in [3.05, 3.63) is 86.2 Å². The fraction of sp³-hybridized carbons (Fsp3) is 0.100. The van der Waals surface area contributed by atoms with Crippen LogP contribution in [0.15, 0.2) is 60.1 Å². The number of rotatable bonds is 5. The molecule has 1 aromatic heterocycles. The number of hydrogen-bond donors (Lipinski definition) is 0. The van der Waals surface area contributed by atoms with Gasteiger partial charge in [0.15, 0.2) is 4.80 Å². The summed E-state index contributed by atoms with van der Waals surface area (Å²) in [7, 11) is 0. The number of hydrogen-bond acceptors (Lipinski definition) is 4. The topological polar surface area (TPSA) is 77.5 Å². The summed E-state index contributed by atoms with van der Waals surface area (Å²) in [5.74, 6) is -0.425. The van der Waals surface area contributed by atoms with Crippen LogP contribution < -0.4 is 4.80 Å². The Morgan fingerprint density at radius 2 is 2.04 bits per heavy atom. The Morgan fingerprint density at radius 3 is 2.68 bits per heavy atom. The molecule has 0 N–H and O–H groups in total. The second-order valence-electron chi connectivity index (χ2n) is 5.94. The Hall–Kier alpha value is -3.03. The molecule has 0 saturated heterocycles. The summed E-state index contributed by atoms with van der Waals surface area (Å²) in [6.45, 7) is 6.20. The summed E-state index contributed by atoms with van der Waals surface area (Å²) >= 11 is 7.64. The minimum atomic E-state index is -0.470. The van der Waals surface area contributed by atoms with Crippen molar-refractivity contribution in [1.29, 1.82) is 0 Å². The van der Waals surface area contributed by atoms with Gasteiger partial charge in [0.25, 0.3) is 11.6 Å². The van der Waals surface area contributed by atoms with E-state index in [9.17, 15) is 14.9 Å². The second kappa shape index (κ2) is 8.33. The number of thiazole rings is 1. The van der Waals surface area contributed by atoms with Crippen molar-refractivity contribution >= 4 is 50.8 Å². The summed E-state index contributed by atoms with van der Waals surface area (Å²) in [6, 6.07) is 9.66. The predicted molar refractivity (Wildman–Crippen MR) is 112 cm³/mol. The van der Waals surface area contributed by atoms with E-state index in [0.29, 0.717) is 21.9 Å². The molecule has 0 aliphatic carbocycles. The fourth-order valence-electron chi connectivity index (χ4n) is 2.71. The van der Waals surface area contributed by atoms with Gasteiger partial charge in [-0.2, -0.15) is 4.99 Å². The molecule has 1 amide bonds. The average Bonchev–Trinajstić information content (AvgIpc) is 3.01. The molecule has 0 atom stereocenters.